The molecule has 4 rings (SSSR count). The molecule has 0 aliphatic heterocycles. The predicted octanol–water partition coefficient (Wildman–Crippen LogP) is 5.01. The van der Waals surface area contributed by atoms with Gasteiger partial charge in [0.15, 0.2) is 0 Å². The molecule has 0 fully saturated rings. The van der Waals surface area contributed by atoms with Crippen LogP contribution in [0.15, 0.2) is 59.5 Å². The third-order valence-corrected chi connectivity index (χ3v) is 5.73. The minimum absolute atomic E-state index is 0.0490. The fraction of sp³-hybridized carbons (Fsp3) is 0.100. The zero-order chi connectivity index (χ0) is 17.1. The summed E-state index contributed by atoms with van der Waals surface area (Å²) in [5, 5.41) is 5.89. The number of aryl methyl sites for hydroxylation is 2. The van der Waals surface area contributed by atoms with E-state index >= 15 is 0 Å². The van der Waals surface area contributed by atoms with Crippen molar-refractivity contribution in [2.75, 3.05) is 0 Å². The molecule has 0 aliphatic carbocycles. The molecule has 24 heavy (non-hydrogen) atoms. The SMILES string of the molecule is Cc1c2ccccc2c(C)c2c1ccc1c(S(=O)(=O)O)cccc12. The first-order valence-corrected chi connectivity index (χ1v) is 9.14. The molecule has 0 bridgehead atoms. The summed E-state index contributed by atoms with van der Waals surface area (Å²) in [5.41, 5.74) is 2.29. The summed E-state index contributed by atoms with van der Waals surface area (Å²) in [6.45, 7) is 4.15. The molecule has 0 heterocycles. The quantitative estimate of drug-likeness (QED) is 0.302. The lowest BCUT2D eigenvalue weighted by molar-refractivity contribution is 0.484. The minimum atomic E-state index is -4.26. The van der Waals surface area contributed by atoms with Crippen LogP contribution in [0, 0.1) is 13.8 Å². The number of hydrogen-bond acceptors (Lipinski definition) is 2. The van der Waals surface area contributed by atoms with Crippen molar-refractivity contribution in [1.82, 2.24) is 0 Å². The molecule has 0 radical (unpaired) electrons. The predicted molar refractivity (Wildman–Crippen MR) is 98.2 cm³/mol. The molecule has 0 amide bonds. The van der Waals surface area contributed by atoms with Crippen molar-refractivity contribution in [3.05, 3.63) is 65.7 Å². The first-order valence-electron chi connectivity index (χ1n) is 7.70. The van der Waals surface area contributed by atoms with Gasteiger partial charge in [-0.25, -0.2) is 0 Å². The Morgan fingerprint density at radius 2 is 1.25 bits per heavy atom. The van der Waals surface area contributed by atoms with Gasteiger partial charge in [-0.15, -0.1) is 0 Å². The van der Waals surface area contributed by atoms with Crippen LogP contribution in [0.5, 0.6) is 0 Å². The second-order valence-electron chi connectivity index (χ2n) is 6.11. The van der Waals surface area contributed by atoms with Gasteiger partial charge in [0.1, 0.15) is 4.90 Å². The highest BCUT2D eigenvalue weighted by atomic mass is 32.2. The summed E-state index contributed by atoms with van der Waals surface area (Å²) in [7, 11) is -4.26. The van der Waals surface area contributed by atoms with E-state index in [1.54, 1.807) is 12.1 Å². The van der Waals surface area contributed by atoms with Crippen LogP contribution < -0.4 is 0 Å². The van der Waals surface area contributed by atoms with E-state index in [4.69, 9.17) is 0 Å². The van der Waals surface area contributed by atoms with Crippen molar-refractivity contribution in [2.45, 2.75) is 18.7 Å². The monoisotopic (exact) mass is 336 g/mol. The molecule has 4 heteroatoms. The van der Waals surface area contributed by atoms with Crippen LogP contribution in [0.1, 0.15) is 11.1 Å². The summed E-state index contributed by atoms with van der Waals surface area (Å²) < 4.78 is 32.9. The van der Waals surface area contributed by atoms with E-state index in [0.29, 0.717) is 5.39 Å². The molecular formula is C20H16O3S. The topological polar surface area (TPSA) is 54.4 Å². The van der Waals surface area contributed by atoms with E-state index < -0.39 is 10.1 Å². The second kappa shape index (κ2) is 5.03. The van der Waals surface area contributed by atoms with Crippen molar-refractivity contribution in [1.29, 1.82) is 0 Å². The normalized spacial score (nSPS) is 12.3. The van der Waals surface area contributed by atoms with Gasteiger partial charge in [-0.1, -0.05) is 48.5 Å². The van der Waals surface area contributed by atoms with Gasteiger partial charge in [0.2, 0.25) is 0 Å². The van der Waals surface area contributed by atoms with Crippen molar-refractivity contribution < 1.29 is 13.0 Å². The Kier molecular flexibility index (Phi) is 3.17. The zero-order valence-corrected chi connectivity index (χ0v) is 14.2. The highest BCUT2D eigenvalue weighted by Gasteiger charge is 2.17. The van der Waals surface area contributed by atoms with E-state index in [2.05, 4.69) is 26.0 Å². The average Bonchev–Trinajstić information content (AvgIpc) is 2.57. The molecule has 0 saturated carbocycles. The van der Waals surface area contributed by atoms with Crippen molar-refractivity contribution in [3.8, 4) is 0 Å². The molecule has 0 spiro atoms. The number of hydrogen-bond donors (Lipinski definition) is 1. The van der Waals surface area contributed by atoms with Gasteiger partial charge in [-0.2, -0.15) is 8.42 Å². The lowest BCUT2D eigenvalue weighted by Crippen LogP contribution is -1.99. The van der Waals surface area contributed by atoms with Gasteiger partial charge in [0, 0.05) is 5.39 Å². The zero-order valence-electron chi connectivity index (χ0n) is 13.4. The van der Waals surface area contributed by atoms with E-state index in [1.165, 1.54) is 17.0 Å². The first kappa shape index (κ1) is 15.1. The van der Waals surface area contributed by atoms with Crippen LogP contribution in [0.2, 0.25) is 0 Å². The number of benzene rings is 4. The maximum absolute atomic E-state index is 11.7. The first-order chi connectivity index (χ1) is 11.4. The summed E-state index contributed by atoms with van der Waals surface area (Å²) in [4.78, 5) is -0.0490. The lowest BCUT2D eigenvalue weighted by atomic mass is 9.90. The fourth-order valence-electron chi connectivity index (χ4n) is 3.69. The summed E-state index contributed by atoms with van der Waals surface area (Å²) in [6, 6.07) is 17.0. The van der Waals surface area contributed by atoms with Gasteiger partial charge >= 0.3 is 0 Å². The Balaban J connectivity index is 2.32. The van der Waals surface area contributed by atoms with Gasteiger partial charge in [0.05, 0.1) is 0 Å². The Hall–Kier alpha value is -2.43. The molecule has 0 atom stereocenters. The van der Waals surface area contributed by atoms with E-state index in [0.717, 1.165) is 27.1 Å². The molecule has 4 aromatic carbocycles. The molecule has 3 nitrogen and oxygen atoms in total. The number of rotatable bonds is 1. The van der Waals surface area contributed by atoms with E-state index in [9.17, 15) is 13.0 Å². The molecule has 0 unspecified atom stereocenters. The van der Waals surface area contributed by atoms with Crippen LogP contribution in [0.4, 0.5) is 0 Å². The third kappa shape index (κ3) is 2.04. The minimum Gasteiger partial charge on any atom is -0.282 e. The maximum atomic E-state index is 11.7. The largest absolute Gasteiger partial charge is 0.295 e. The number of fused-ring (bicyclic) bond motifs is 4. The van der Waals surface area contributed by atoms with Crippen molar-refractivity contribution in [3.63, 3.8) is 0 Å². The van der Waals surface area contributed by atoms with E-state index in [1.807, 2.05) is 24.3 Å². The Morgan fingerprint density at radius 3 is 1.92 bits per heavy atom. The molecule has 4 aromatic rings. The second-order valence-corrected chi connectivity index (χ2v) is 7.50. The van der Waals surface area contributed by atoms with Crippen LogP contribution in [0.25, 0.3) is 32.3 Å². The molecule has 1 N–H and O–H groups in total. The summed E-state index contributed by atoms with van der Waals surface area (Å²) >= 11 is 0. The smallest absolute Gasteiger partial charge is 0.282 e. The van der Waals surface area contributed by atoms with Gasteiger partial charge in [-0.3, -0.25) is 4.55 Å². The standard InChI is InChI=1S/C20H16O3S/c1-12-14-6-3-4-7-15(14)13(2)20-16(12)10-11-17-18(20)8-5-9-19(17)24(21,22)23/h3-11H,1-2H3,(H,21,22,23). The van der Waals surface area contributed by atoms with Gasteiger partial charge < -0.3 is 0 Å². The molecule has 0 saturated heterocycles. The lowest BCUT2D eigenvalue weighted by Gasteiger charge is -2.15. The summed E-state index contributed by atoms with van der Waals surface area (Å²) in [6.07, 6.45) is 0. The van der Waals surface area contributed by atoms with Crippen LogP contribution in [-0.4, -0.2) is 13.0 Å². The van der Waals surface area contributed by atoms with Crippen LogP contribution in [-0.2, 0) is 10.1 Å². The van der Waals surface area contributed by atoms with Crippen LogP contribution in [0.3, 0.4) is 0 Å². The van der Waals surface area contributed by atoms with Gasteiger partial charge in [0.25, 0.3) is 10.1 Å². The maximum Gasteiger partial charge on any atom is 0.295 e. The highest BCUT2D eigenvalue weighted by Crippen LogP contribution is 2.37. The van der Waals surface area contributed by atoms with E-state index in [-0.39, 0.29) is 4.90 Å². The summed E-state index contributed by atoms with van der Waals surface area (Å²) in [5.74, 6) is 0. The van der Waals surface area contributed by atoms with Crippen molar-refractivity contribution >= 4 is 42.4 Å². The highest BCUT2D eigenvalue weighted by molar-refractivity contribution is 7.86. The Morgan fingerprint density at radius 1 is 0.667 bits per heavy atom. The molecule has 0 aromatic heterocycles. The molecule has 0 aliphatic rings. The molecular weight excluding hydrogens is 320 g/mol. The van der Waals surface area contributed by atoms with Gasteiger partial charge in [-0.05, 0) is 58.0 Å². The van der Waals surface area contributed by atoms with Crippen LogP contribution >= 0.6 is 0 Å². The Labute approximate surface area is 140 Å². The Bertz CT molecular complexity index is 1240. The third-order valence-electron chi connectivity index (χ3n) is 4.81. The fourth-order valence-corrected chi connectivity index (χ4v) is 4.39. The van der Waals surface area contributed by atoms with Crippen molar-refractivity contribution in [2.24, 2.45) is 0 Å². The molecule has 120 valence electrons. The average molecular weight is 336 g/mol.